The minimum atomic E-state index is -1.34. The number of nitrogens with one attached hydrogen (secondary N) is 1. The molecule has 5 nitrogen and oxygen atoms in total. The molecule has 0 fully saturated rings. The number of ether oxygens (including phenoxy) is 1. The average molecular weight is 368 g/mol. The molecule has 1 atom stereocenters. The van der Waals surface area contributed by atoms with E-state index < -0.39 is 11.6 Å². The highest BCUT2D eigenvalue weighted by Crippen LogP contribution is 2.40. The first-order valence-electron chi connectivity index (χ1n) is 8.63. The molecular formula is C21H21FN2O3. The van der Waals surface area contributed by atoms with Crippen molar-refractivity contribution in [3.63, 3.8) is 0 Å². The number of rotatable bonds is 5. The van der Waals surface area contributed by atoms with Crippen molar-refractivity contribution in [3.05, 3.63) is 72.1 Å². The fraction of sp³-hybridized carbons (Fsp3) is 0.238. The second-order valence-electron chi connectivity index (χ2n) is 6.69. The van der Waals surface area contributed by atoms with Crippen LogP contribution < -0.4 is 4.74 Å². The van der Waals surface area contributed by atoms with Gasteiger partial charge in [0.05, 0.1) is 12.0 Å². The van der Waals surface area contributed by atoms with Gasteiger partial charge in [-0.3, -0.25) is 4.79 Å². The van der Waals surface area contributed by atoms with Gasteiger partial charge in [-0.25, -0.2) is 9.37 Å². The van der Waals surface area contributed by atoms with Gasteiger partial charge in [-0.1, -0.05) is 32.0 Å². The molecule has 3 rings (SSSR count). The summed E-state index contributed by atoms with van der Waals surface area (Å²) in [7, 11) is 0. The molecule has 0 saturated carbocycles. The van der Waals surface area contributed by atoms with Gasteiger partial charge in [0.15, 0.2) is 0 Å². The van der Waals surface area contributed by atoms with Gasteiger partial charge in [-0.15, -0.1) is 0 Å². The summed E-state index contributed by atoms with van der Waals surface area (Å²) in [5.74, 6) is -0.663. The molecule has 2 N–H and O–H groups in total. The summed E-state index contributed by atoms with van der Waals surface area (Å²) in [5.41, 5.74) is 0.992. The van der Waals surface area contributed by atoms with E-state index >= 15 is 0 Å². The molecule has 0 saturated heterocycles. The zero-order chi connectivity index (χ0) is 19.6. The number of hydrogen-bond acceptors (Lipinski definition) is 4. The van der Waals surface area contributed by atoms with E-state index in [1.165, 1.54) is 25.4 Å². The molecule has 140 valence electrons. The topological polar surface area (TPSA) is 75.2 Å². The minimum Gasteiger partial charge on any atom is -0.426 e. The highest BCUT2D eigenvalue weighted by atomic mass is 19.1. The van der Waals surface area contributed by atoms with Gasteiger partial charge in [0.25, 0.3) is 0 Å². The Labute approximate surface area is 156 Å². The number of esters is 1. The highest BCUT2D eigenvalue weighted by molar-refractivity contribution is 5.77. The van der Waals surface area contributed by atoms with E-state index in [0.29, 0.717) is 28.1 Å². The van der Waals surface area contributed by atoms with Crippen LogP contribution in [0.1, 0.15) is 32.0 Å². The Balaban J connectivity index is 2.19. The molecule has 0 aliphatic carbocycles. The first kappa shape index (κ1) is 18.8. The molecule has 1 unspecified atom stereocenters. The number of benzene rings is 2. The maximum Gasteiger partial charge on any atom is 0.308 e. The van der Waals surface area contributed by atoms with Gasteiger partial charge in [0.2, 0.25) is 0 Å². The lowest BCUT2D eigenvalue weighted by Crippen LogP contribution is -2.34. The third-order valence-electron chi connectivity index (χ3n) is 4.55. The standard InChI is InChI=1S/C21H21FN2O3/c1-13(2)21(26,20-11-23-12-24-20)16-6-9-19(27-14(3)25)18(10-16)15-4-7-17(22)8-5-15/h4-13,26H,1-3H3,(H,23,24). The van der Waals surface area contributed by atoms with E-state index in [1.54, 1.807) is 36.5 Å². The van der Waals surface area contributed by atoms with Crippen LogP contribution in [-0.2, 0) is 10.4 Å². The zero-order valence-electron chi connectivity index (χ0n) is 15.4. The van der Waals surface area contributed by atoms with Crippen LogP contribution in [0.25, 0.3) is 11.1 Å². The quantitative estimate of drug-likeness (QED) is 0.527. The van der Waals surface area contributed by atoms with Crippen molar-refractivity contribution in [2.45, 2.75) is 26.4 Å². The number of imidazole rings is 1. The summed E-state index contributed by atoms with van der Waals surface area (Å²) in [6.07, 6.45) is 3.16. The number of aliphatic hydroxyl groups is 1. The smallest absolute Gasteiger partial charge is 0.308 e. The van der Waals surface area contributed by atoms with Crippen molar-refractivity contribution < 1.29 is 19.0 Å². The molecule has 1 aromatic heterocycles. The predicted octanol–water partition coefficient (Wildman–Crippen LogP) is 4.03. The number of aromatic amines is 1. The van der Waals surface area contributed by atoms with Crippen molar-refractivity contribution in [1.29, 1.82) is 0 Å². The summed E-state index contributed by atoms with van der Waals surface area (Å²) in [6.45, 7) is 5.11. The van der Waals surface area contributed by atoms with E-state index in [4.69, 9.17) is 4.74 Å². The van der Waals surface area contributed by atoms with Crippen molar-refractivity contribution in [3.8, 4) is 16.9 Å². The van der Waals surface area contributed by atoms with Crippen molar-refractivity contribution in [2.75, 3.05) is 0 Å². The third kappa shape index (κ3) is 3.61. The van der Waals surface area contributed by atoms with Crippen LogP contribution in [0.5, 0.6) is 5.75 Å². The maximum atomic E-state index is 13.3. The molecule has 0 aliphatic rings. The molecule has 2 aromatic carbocycles. The number of nitrogens with zero attached hydrogens (tertiary/aromatic N) is 1. The van der Waals surface area contributed by atoms with Gasteiger partial charge >= 0.3 is 5.97 Å². The molecule has 6 heteroatoms. The normalized spacial score (nSPS) is 13.4. The first-order valence-corrected chi connectivity index (χ1v) is 8.63. The minimum absolute atomic E-state index is 0.179. The lowest BCUT2D eigenvalue weighted by Gasteiger charge is -2.31. The van der Waals surface area contributed by atoms with Crippen molar-refractivity contribution in [2.24, 2.45) is 5.92 Å². The third-order valence-corrected chi connectivity index (χ3v) is 4.55. The molecular weight excluding hydrogens is 347 g/mol. The zero-order valence-corrected chi connectivity index (χ0v) is 15.4. The average Bonchev–Trinajstić information content (AvgIpc) is 3.16. The summed E-state index contributed by atoms with van der Waals surface area (Å²) in [6, 6.07) is 11.0. The largest absolute Gasteiger partial charge is 0.426 e. The van der Waals surface area contributed by atoms with Crippen LogP contribution >= 0.6 is 0 Å². The lowest BCUT2D eigenvalue weighted by molar-refractivity contribution is -0.131. The Morgan fingerprint density at radius 1 is 1.22 bits per heavy atom. The van der Waals surface area contributed by atoms with Crippen molar-refractivity contribution >= 4 is 5.97 Å². The fourth-order valence-electron chi connectivity index (χ4n) is 3.11. The summed E-state index contributed by atoms with van der Waals surface area (Å²) >= 11 is 0. The van der Waals surface area contributed by atoms with Crippen LogP contribution in [0.2, 0.25) is 0 Å². The van der Waals surface area contributed by atoms with Crippen LogP contribution in [0.4, 0.5) is 4.39 Å². The van der Waals surface area contributed by atoms with Crippen LogP contribution in [0.15, 0.2) is 55.0 Å². The number of H-pyrrole nitrogens is 1. The number of carbonyl (C=O) groups excluding carboxylic acids is 1. The molecule has 0 aliphatic heterocycles. The first-order chi connectivity index (χ1) is 12.8. The Hall–Kier alpha value is -2.99. The van der Waals surface area contributed by atoms with Crippen LogP contribution in [0.3, 0.4) is 0 Å². The summed E-state index contributed by atoms with van der Waals surface area (Å²) in [5, 5.41) is 11.5. The van der Waals surface area contributed by atoms with Gasteiger partial charge in [0.1, 0.15) is 17.2 Å². The second kappa shape index (κ2) is 7.32. The molecule has 0 bridgehead atoms. The molecule has 0 amide bonds. The van der Waals surface area contributed by atoms with Crippen molar-refractivity contribution in [1.82, 2.24) is 9.97 Å². The summed E-state index contributed by atoms with van der Waals surface area (Å²) in [4.78, 5) is 18.6. The molecule has 27 heavy (non-hydrogen) atoms. The predicted molar refractivity (Wildman–Crippen MR) is 99.6 cm³/mol. The van der Waals surface area contributed by atoms with E-state index in [-0.39, 0.29) is 11.7 Å². The highest BCUT2D eigenvalue weighted by Gasteiger charge is 2.37. The number of carbonyl (C=O) groups is 1. The van der Waals surface area contributed by atoms with Crippen LogP contribution in [0, 0.1) is 11.7 Å². The number of halogens is 1. The molecule has 3 aromatic rings. The van der Waals surface area contributed by atoms with E-state index in [9.17, 15) is 14.3 Å². The van der Waals surface area contributed by atoms with Gasteiger partial charge in [0, 0.05) is 18.7 Å². The lowest BCUT2D eigenvalue weighted by atomic mass is 9.80. The Morgan fingerprint density at radius 3 is 2.48 bits per heavy atom. The summed E-state index contributed by atoms with van der Waals surface area (Å²) < 4.78 is 18.6. The fourth-order valence-corrected chi connectivity index (χ4v) is 3.11. The van der Waals surface area contributed by atoms with Crippen LogP contribution in [-0.4, -0.2) is 21.0 Å². The van der Waals surface area contributed by atoms with E-state index in [2.05, 4.69) is 9.97 Å². The van der Waals surface area contributed by atoms with Gasteiger partial charge in [-0.2, -0.15) is 0 Å². The number of aromatic nitrogens is 2. The second-order valence-corrected chi connectivity index (χ2v) is 6.69. The Kier molecular flexibility index (Phi) is 5.10. The monoisotopic (exact) mass is 368 g/mol. The molecule has 0 radical (unpaired) electrons. The SMILES string of the molecule is CC(=O)Oc1ccc(C(O)(c2c[nH]cn2)C(C)C)cc1-c1ccc(F)cc1. The van der Waals surface area contributed by atoms with E-state index in [1.807, 2.05) is 13.8 Å². The molecule has 1 heterocycles. The molecule has 0 spiro atoms. The Bertz CT molecular complexity index is 937. The van der Waals surface area contributed by atoms with E-state index in [0.717, 1.165) is 0 Å². The number of hydrogen-bond donors (Lipinski definition) is 2. The Morgan fingerprint density at radius 2 is 1.93 bits per heavy atom. The maximum absolute atomic E-state index is 13.3. The van der Waals surface area contributed by atoms with Gasteiger partial charge < -0.3 is 14.8 Å². The van der Waals surface area contributed by atoms with Gasteiger partial charge in [-0.05, 0) is 41.3 Å².